The monoisotopic (exact) mass is 286 g/mol. The maximum absolute atomic E-state index is 11.9. The number of rotatable bonds is 6. The summed E-state index contributed by atoms with van der Waals surface area (Å²) in [6.07, 6.45) is 0.587. The molecule has 21 heavy (non-hydrogen) atoms. The van der Waals surface area contributed by atoms with Crippen molar-refractivity contribution in [2.75, 3.05) is 6.61 Å². The number of hydrogen-bond acceptors (Lipinski definition) is 5. The Morgan fingerprint density at radius 2 is 1.95 bits per heavy atom. The van der Waals surface area contributed by atoms with Crippen molar-refractivity contribution in [2.24, 2.45) is 0 Å². The van der Waals surface area contributed by atoms with Crippen molar-refractivity contribution in [3.05, 3.63) is 63.8 Å². The molecule has 108 valence electrons. The van der Waals surface area contributed by atoms with Gasteiger partial charge < -0.3 is 14.9 Å². The normalized spacial score (nSPS) is 10.1. The molecule has 0 spiro atoms. The number of hydrogen-bond donors (Lipinski definition) is 0. The minimum atomic E-state index is -0.610. The van der Waals surface area contributed by atoms with Gasteiger partial charge in [0.25, 0.3) is 0 Å². The van der Waals surface area contributed by atoms with Crippen LogP contribution in [0.4, 0.5) is 5.82 Å². The summed E-state index contributed by atoms with van der Waals surface area (Å²) in [5.41, 5.74) is 1.10. The van der Waals surface area contributed by atoms with Crippen LogP contribution >= 0.6 is 0 Å². The van der Waals surface area contributed by atoms with Crippen LogP contribution < -0.4 is 4.74 Å². The Labute approximate surface area is 121 Å². The van der Waals surface area contributed by atoms with E-state index in [0.717, 1.165) is 0 Å². The minimum Gasteiger partial charge on any atom is -0.477 e. The van der Waals surface area contributed by atoms with Crippen LogP contribution in [0.1, 0.15) is 23.0 Å². The van der Waals surface area contributed by atoms with Gasteiger partial charge in [0, 0.05) is 12.0 Å². The quantitative estimate of drug-likeness (QED) is 0.463. The number of benzene rings is 1. The molecule has 0 fully saturated rings. The molecule has 0 N–H and O–H groups in total. The number of aromatic nitrogens is 1. The van der Waals surface area contributed by atoms with Crippen LogP contribution in [-0.2, 0) is 6.42 Å². The van der Waals surface area contributed by atoms with E-state index >= 15 is 0 Å². The van der Waals surface area contributed by atoms with Crippen molar-refractivity contribution < 1.29 is 14.5 Å². The number of carbonyl (C=O) groups excluding carboxylic acids is 1. The number of Topliss-reactive ketones (excluding diaryl/α,β-unsaturated/α-hetero) is 1. The largest absolute Gasteiger partial charge is 0.477 e. The Bertz CT molecular complexity index is 656. The third-order valence-corrected chi connectivity index (χ3v) is 2.89. The lowest BCUT2D eigenvalue weighted by Crippen LogP contribution is -2.12. The van der Waals surface area contributed by atoms with Crippen LogP contribution in [0.5, 0.6) is 5.75 Å². The number of aryl methyl sites for hydroxylation is 1. The lowest BCUT2D eigenvalue weighted by molar-refractivity contribution is -0.390. The molecule has 2 aromatic rings. The molecule has 2 rings (SSSR count). The molecule has 1 aromatic heterocycles. The predicted octanol–water partition coefficient (Wildman–Crippen LogP) is 2.81. The van der Waals surface area contributed by atoms with Gasteiger partial charge in [0.1, 0.15) is 0 Å². The topological polar surface area (TPSA) is 82.3 Å². The molecule has 0 bridgehead atoms. The summed E-state index contributed by atoms with van der Waals surface area (Å²) < 4.78 is 5.26. The molecule has 0 radical (unpaired) electrons. The van der Waals surface area contributed by atoms with Crippen molar-refractivity contribution in [1.82, 2.24) is 4.98 Å². The first-order valence-corrected chi connectivity index (χ1v) is 6.47. The number of pyridine rings is 1. The highest BCUT2D eigenvalue weighted by Gasteiger charge is 2.19. The number of carbonyl (C=O) groups is 1. The second-order valence-electron chi connectivity index (χ2n) is 4.31. The van der Waals surface area contributed by atoms with E-state index in [2.05, 4.69) is 4.98 Å². The van der Waals surface area contributed by atoms with E-state index in [-0.39, 0.29) is 24.0 Å². The van der Waals surface area contributed by atoms with Gasteiger partial charge in [0.2, 0.25) is 5.75 Å². The lowest BCUT2D eigenvalue weighted by atomic mass is 10.1. The summed E-state index contributed by atoms with van der Waals surface area (Å²) in [4.78, 5) is 26.2. The SMILES string of the molecule is CCc1ccc(OCC(=O)c2ccccc2)c([N+](=O)[O-])n1. The van der Waals surface area contributed by atoms with Crippen LogP contribution in [-0.4, -0.2) is 22.3 Å². The highest BCUT2D eigenvalue weighted by atomic mass is 16.6. The molecule has 6 heteroatoms. The molecule has 1 heterocycles. The number of ether oxygens (including phenoxy) is 1. The average Bonchev–Trinajstić information content (AvgIpc) is 2.53. The molecular formula is C15H14N2O4. The van der Waals surface area contributed by atoms with Gasteiger partial charge in [-0.3, -0.25) is 4.79 Å². The molecule has 0 amide bonds. The Morgan fingerprint density at radius 1 is 1.24 bits per heavy atom. The van der Waals surface area contributed by atoms with Crippen molar-refractivity contribution >= 4 is 11.6 Å². The highest BCUT2D eigenvalue weighted by Crippen LogP contribution is 2.24. The molecule has 0 aliphatic rings. The summed E-state index contributed by atoms with van der Waals surface area (Å²) in [7, 11) is 0. The Balaban J connectivity index is 2.13. The second kappa shape index (κ2) is 6.60. The van der Waals surface area contributed by atoms with Gasteiger partial charge in [-0.1, -0.05) is 37.3 Å². The molecule has 0 saturated carbocycles. The number of nitrogens with zero attached hydrogens (tertiary/aromatic N) is 2. The predicted molar refractivity (Wildman–Crippen MR) is 76.5 cm³/mol. The van der Waals surface area contributed by atoms with E-state index in [1.807, 2.05) is 6.92 Å². The fourth-order valence-corrected chi connectivity index (χ4v) is 1.77. The zero-order valence-electron chi connectivity index (χ0n) is 11.5. The van der Waals surface area contributed by atoms with Gasteiger partial charge in [0.15, 0.2) is 18.1 Å². The van der Waals surface area contributed by atoms with Crippen LogP contribution in [0.25, 0.3) is 0 Å². The lowest BCUT2D eigenvalue weighted by Gasteiger charge is -2.06. The molecule has 0 atom stereocenters. The number of ketones is 1. The molecule has 0 unspecified atom stereocenters. The summed E-state index contributed by atoms with van der Waals surface area (Å²) in [6.45, 7) is 1.59. The van der Waals surface area contributed by atoms with E-state index < -0.39 is 4.92 Å². The highest BCUT2D eigenvalue weighted by molar-refractivity contribution is 5.97. The standard InChI is InChI=1S/C15H14N2O4/c1-2-12-8-9-14(15(16-12)17(19)20)21-10-13(18)11-6-4-3-5-7-11/h3-9H,2,10H2,1H3. The second-order valence-corrected chi connectivity index (χ2v) is 4.31. The Kier molecular flexibility index (Phi) is 4.61. The fourth-order valence-electron chi connectivity index (χ4n) is 1.77. The first kappa shape index (κ1) is 14.6. The molecule has 0 aliphatic heterocycles. The van der Waals surface area contributed by atoms with Crippen molar-refractivity contribution in [3.63, 3.8) is 0 Å². The van der Waals surface area contributed by atoms with Crippen LogP contribution in [0, 0.1) is 10.1 Å². The molecule has 1 aromatic carbocycles. The van der Waals surface area contributed by atoms with Gasteiger partial charge in [-0.25, -0.2) is 0 Å². The van der Waals surface area contributed by atoms with Crippen molar-refractivity contribution in [1.29, 1.82) is 0 Å². The van der Waals surface area contributed by atoms with Gasteiger partial charge in [0.05, 0.1) is 0 Å². The van der Waals surface area contributed by atoms with Crippen LogP contribution in [0.3, 0.4) is 0 Å². The van der Waals surface area contributed by atoms with E-state index in [1.54, 1.807) is 36.4 Å². The Morgan fingerprint density at radius 3 is 2.57 bits per heavy atom. The summed E-state index contributed by atoms with van der Waals surface area (Å²) in [6, 6.07) is 11.7. The Hall–Kier alpha value is -2.76. The van der Waals surface area contributed by atoms with E-state index in [0.29, 0.717) is 17.7 Å². The average molecular weight is 286 g/mol. The maximum atomic E-state index is 11.9. The van der Waals surface area contributed by atoms with E-state index in [9.17, 15) is 14.9 Å². The van der Waals surface area contributed by atoms with Crippen molar-refractivity contribution in [3.8, 4) is 5.75 Å². The number of nitro groups is 1. The molecule has 6 nitrogen and oxygen atoms in total. The third-order valence-electron chi connectivity index (χ3n) is 2.89. The van der Waals surface area contributed by atoms with Gasteiger partial charge in [-0.2, -0.15) is 0 Å². The first-order valence-electron chi connectivity index (χ1n) is 6.47. The maximum Gasteiger partial charge on any atom is 0.406 e. The zero-order chi connectivity index (χ0) is 15.2. The van der Waals surface area contributed by atoms with Gasteiger partial charge in [-0.05, 0) is 22.0 Å². The zero-order valence-corrected chi connectivity index (χ0v) is 11.5. The molecule has 0 saturated heterocycles. The van der Waals surface area contributed by atoms with Crippen LogP contribution in [0.2, 0.25) is 0 Å². The summed E-state index contributed by atoms with van der Waals surface area (Å²) in [5.74, 6) is -0.610. The fraction of sp³-hybridized carbons (Fsp3) is 0.200. The molecule has 0 aliphatic carbocycles. The minimum absolute atomic E-state index is 0.00137. The summed E-state index contributed by atoms with van der Waals surface area (Å²) >= 11 is 0. The van der Waals surface area contributed by atoms with Gasteiger partial charge in [-0.15, -0.1) is 0 Å². The van der Waals surface area contributed by atoms with Crippen molar-refractivity contribution in [2.45, 2.75) is 13.3 Å². The van der Waals surface area contributed by atoms with E-state index in [4.69, 9.17) is 4.74 Å². The van der Waals surface area contributed by atoms with E-state index in [1.165, 1.54) is 6.07 Å². The van der Waals surface area contributed by atoms with Gasteiger partial charge >= 0.3 is 5.82 Å². The van der Waals surface area contributed by atoms with Crippen LogP contribution in [0.15, 0.2) is 42.5 Å². The smallest absolute Gasteiger partial charge is 0.406 e. The first-order chi connectivity index (χ1) is 10.1. The molecular weight excluding hydrogens is 272 g/mol. The third kappa shape index (κ3) is 3.62. The summed E-state index contributed by atoms with van der Waals surface area (Å²) in [5, 5.41) is 11.0.